The van der Waals surface area contributed by atoms with E-state index in [0.29, 0.717) is 25.9 Å². The van der Waals surface area contributed by atoms with E-state index in [1.165, 1.54) is 12.1 Å². The highest BCUT2D eigenvalue weighted by atomic mass is 19.1. The Balaban J connectivity index is 1.86. The number of rotatable bonds is 3. The van der Waals surface area contributed by atoms with Gasteiger partial charge in [-0.1, -0.05) is 12.1 Å². The zero-order chi connectivity index (χ0) is 13.0. The van der Waals surface area contributed by atoms with Crippen LogP contribution in [0.5, 0.6) is 0 Å². The Hall–Kier alpha value is -1.75. The number of para-hydroxylation sites is 1. The predicted octanol–water partition coefficient (Wildman–Crippen LogP) is 1.43. The van der Waals surface area contributed by atoms with E-state index >= 15 is 0 Å². The summed E-state index contributed by atoms with van der Waals surface area (Å²) in [7, 11) is 0. The van der Waals surface area contributed by atoms with Crippen LogP contribution in [0.1, 0.15) is 12.8 Å². The largest absolute Gasteiger partial charge is 0.322 e. The Bertz CT molecular complexity index is 452. The van der Waals surface area contributed by atoms with E-state index in [1.54, 1.807) is 12.1 Å². The van der Waals surface area contributed by atoms with E-state index < -0.39 is 5.82 Å². The van der Waals surface area contributed by atoms with Crippen LogP contribution in [-0.4, -0.2) is 36.2 Å². The summed E-state index contributed by atoms with van der Waals surface area (Å²) >= 11 is 0. The molecular formula is C13H15FN2O2. The van der Waals surface area contributed by atoms with Crippen LogP contribution in [0.4, 0.5) is 10.1 Å². The van der Waals surface area contributed by atoms with Gasteiger partial charge < -0.3 is 5.32 Å². The SMILES string of the molecule is O=C1CCN(CC(=O)Nc2ccccc2F)CC1. The normalized spacial score (nSPS) is 16.6. The predicted molar refractivity (Wildman–Crippen MR) is 65.7 cm³/mol. The summed E-state index contributed by atoms with van der Waals surface area (Å²) in [5.41, 5.74) is 0.190. The molecule has 18 heavy (non-hydrogen) atoms. The smallest absolute Gasteiger partial charge is 0.238 e. The fourth-order valence-electron chi connectivity index (χ4n) is 1.92. The molecule has 1 heterocycles. The molecule has 1 aromatic rings. The molecule has 0 saturated carbocycles. The maximum Gasteiger partial charge on any atom is 0.238 e. The molecule has 0 radical (unpaired) electrons. The number of hydrogen-bond donors (Lipinski definition) is 1. The lowest BCUT2D eigenvalue weighted by molar-refractivity contribution is -0.124. The van der Waals surface area contributed by atoms with Crippen molar-refractivity contribution in [3.63, 3.8) is 0 Å². The van der Waals surface area contributed by atoms with Crippen molar-refractivity contribution in [1.82, 2.24) is 4.90 Å². The molecule has 1 amide bonds. The molecule has 0 spiro atoms. The number of amides is 1. The average molecular weight is 250 g/mol. The minimum Gasteiger partial charge on any atom is -0.322 e. The summed E-state index contributed by atoms with van der Waals surface area (Å²) in [5, 5.41) is 2.53. The van der Waals surface area contributed by atoms with Crippen molar-refractivity contribution in [2.75, 3.05) is 25.0 Å². The van der Waals surface area contributed by atoms with Gasteiger partial charge in [-0.3, -0.25) is 14.5 Å². The summed E-state index contributed by atoms with van der Waals surface area (Å²) in [6.07, 6.45) is 0.986. The maximum absolute atomic E-state index is 13.3. The van der Waals surface area contributed by atoms with Gasteiger partial charge in [0.2, 0.25) is 5.91 Å². The van der Waals surface area contributed by atoms with Gasteiger partial charge in [-0.2, -0.15) is 0 Å². The molecule has 1 fully saturated rings. The van der Waals surface area contributed by atoms with Crippen molar-refractivity contribution in [3.05, 3.63) is 30.1 Å². The van der Waals surface area contributed by atoms with Gasteiger partial charge in [0.15, 0.2) is 0 Å². The number of benzene rings is 1. The van der Waals surface area contributed by atoms with Gasteiger partial charge in [0.25, 0.3) is 0 Å². The van der Waals surface area contributed by atoms with Crippen molar-refractivity contribution in [3.8, 4) is 0 Å². The number of nitrogens with zero attached hydrogens (tertiary/aromatic N) is 1. The second-order valence-electron chi connectivity index (χ2n) is 4.34. The molecule has 1 aliphatic heterocycles. The van der Waals surface area contributed by atoms with Gasteiger partial charge in [-0.05, 0) is 12.1 Å². The van der Waals surface area contributed by atoms with E-state index in [2.05, 4.69) is 5.32 Å². The highest BCUT2D eigenvalue weighted by Gasteiger charge is 2.18. The van der Waals surface area contributed by atoms with Crippen molar-refractivity contribution < 1.29 is 14.0 Å². The van der Waals surface area contributed by atoms with Gasteiger partial charge in [-0.15, -0.1) is 0 Å². The van der Waals surface area contributed by atoms with E-state index in [9.17, 15) is 14.0 Å². The van der Waals surface area contributed by atoms with Crippen LogP contribution in [0, 0.1) is 5.82 Å². The second kappa shape index (κ2) is 5.73. The standard InChI is InChI=1S/C13H15FN2O2/c14-11-3-1-2-4-12(11)15-13(18)9-16-7-5-10(17)6-8-16/h1-4H,5-9H2,(H,15,18). The van der Waals surface area contributed by atoms with E-state index in [0.717, 1.165) is 0 Å². The van der Waals surface area contributed by atoms with Crippen LogP contribution in [0.2, 0.25) is 0 Å². The monoisotopic (exact) mass is 250 g/mol. The Kier molecular flexibility index (Phi) is 4.04. The van der Waals surface area contributed by atoms with E-state index in [1.807, 2.05) is 4.90 Å². The molecule has 1 saturated heterocycles. The number of hydrogen-bond acceptors (Lipinski definition) is 3. The summed E-state index contributed by atoms with van der Waals surface area (Å²) in [6, 6.07) is 6.06. The molecule has 1 aliphatic rings. The number of Topliss-reactive ketones (excluding diaryl/α,β-unsaturated/α-hetero) is 1. The van der Waals surface area contributed by atoms with Gasteiger partial charge in [0.05, 0.1) is 12.2 Å². The number of carbonyl (C=O) groups excluding carboxylic acids is 2. The third-order valence-corrected chi connectivity index (χ3v) is 2.93. The van der Waals surface area contributed by atoms with Crippen LogP contribution in [0.15, 0.2) is 24.3 Å². The third kappa shape index (κ3) is 3.37. The van der Waals surface area contributed by atoms with E-state index in [-0.39, 0.29) is 23.9 Å². The van der Waals surface area contributed by atoms with Crippen LogP contribution < -0.4 is 5.32 Å². The first kappa shape index (κ1) is 12.7. The zero-order valence-electron chi connectivity index (χ0n) is 9.99. The fraction of sp³-hybridized carbons (Fsp3) is 0.385. The molecule has 0 atom stereocenters. The quantitative estimate of drug-likeness (QED) is 0.882. The highest BCUT2D eigenvalue weighted by molar-refractivity contribution is 5.92. The number of anilines is 1. The molecule has 1 N–H and O–H groups in total. The minimum atomic E-state index is -0.445. The lowest BCUT2D eigenvalue weighted by Gasteiger charge is -2.24. The van der Waals surface area contributed by atoms with Crippen molar-refractivity contribution in [1.29, 1.82) is 0 Å². The number of piperidine rings is 1. The van der Waals surface area contributed by atoms with Crippen molar-refractivity contribution in [2.45, 2.75) is 12.8 Å². The summed E-state index contributed by atoms with van der Waals surface area (Å²) < 4.78 is 13.3. The molecule has 5 heteroatoms. The van der Waals surface area contributed by atoms with Gasteiger partial charge >= 0.3 is 0 Å². The van der Waals surface area contributed by atoms with Crippen LogP contribution in [0.3, 0.4) is 0 Å². The Morgan fingerprint density at radius 2 is 1.94 bits per heavy atom. The van der Waals surface area contributed by atoms with Crippen molar-refractivity contribution in [2.24, 2.45) is 0 Å². The summed E-state index contributed by atoms with van der Waals surface area (Å²) in [6.45, 7) is 1.40. The molecule has 96 valence electrons. The van der Waals surface area contributed by atoms with Gasteiger partial charge in [0.1, 0.15) is 11.6 Å². The summed E-state index contributed by atoms with van der Waals surface area (Å²) in [4.78, 5) is 24.7. The molecule has 0 aromatic heterocycles. The van der Waals surface area contributed by atoms with Crippen LogP contribution >= 0.6 is 0 Å². The molecule has 2 rings (SSSR count). The molecular weight excluding hydrogens is 235 g/mol. The number of ketones is 1. The lowest BCUT2D eigenvalue weighted by atomic mass is 10.1. The second-order valence-corrected chi connectivity index (χ2v) is 4.34. The molecule has 0 aliphatic carbocycles. The lowest BCUT2D eigenvalue weighted by Crippen LogP contribution is -2.39. The van der Waals surface area contributed by atoms with Crippen LogP contribution in [0.25, 0.3) is 0 Å². The van der Waals surface area contributed by atoms with Crippen LogP contribution in [-0.2, 0) is 9.59 Å². The van der Waals surface area contributed by atoms with E-state index in [4.69, 9.17) is 0 Å². The maximum atomic E-state index is 13.3. The average Bonchev–Trinajstić information content (AvgIpc) is 2.35. The molecule has 1 aromatic carbocycles. The fourth-order valence-corrected chi connectivity index (χ4v) is 1.92. The highest BCUT2D eigenvalue weighted by Crippen LogP contribution is 2.12. The van der Waals surface area contributed by atoms with Gasteiger partial charge in [0, 0.05) is 25.9 Å². The Labute approximate surface area is 105 Å². The third-order valence-electron chi connectivity index (χ3n) is 2.93. The number of likely N-dealkylation sites (tertiary alicyclic amines) is 1. The Morgan fingerprint density at radius 1 is 1.28 bits per heavy atom. The number of halogens is 1. The first-order valence-electron chi connectivity index (χ1n) is 5.93. The molecule has 0 unspecified atom stereocenters. The Morgan fingerprint density at radius 3 is 2.61 bits per heavy atom. The zero-order valence-corrected chi connectivity index (χ0v) is 9.99. The minimum absolute atomic E-state index is 0.190. The molecule has 0 bridgehead atoms. The summed E-state index contributed by atoms with van der Waals surface area (Å²) in [5.74, 6) is -0.463. The molecule has 4 nitrogen and oxygen atoms in total. The van der Waals surface area contributed by atoms with Crippen molar-refractivity contribution >= 4 is 17.4 Å². The number of carbonyl (C=O) groups is 2. The first-order chi connectivity index (χ1) is 8.65. The number of nitrogens with one attached hydrogen (secondary N) is 1. The topological polar surface area (TPSA) is 49.4 Å². The van der Waals surface area contributed by atoms with Gasteiger partial charge in [-0.25, -0.2) is 4.39 Å². The first-order valence-corrected chi connectivity index (χ1v) is 5.93.